The molecule has 0 saturated carbocycles. The van der Waals surface area contributed by atoms with Gasteiger partial charge in [0.05, 0.1) is 7.11 Å². The summed E-state index contributed by atoms with van der Waals surface area (Å²) in [5.74, 6) is 6.59. The van der Waals surface area contributed by atoms with Crippen molar-refractivity contribution in [3.05, 3.63) is 42.0 Å². The number of nitrogens with two attached hydrogens (primary N) is 1. The Bertz CT molecular complexity index is 575. The summed E-state index contributed by atoms with van der Waals surface area (Å²) in [5, 5.41) is 0. The Labute approximate surface area is 116 Å². The van der Waals surface area contributed by atoms with Gasteiger partial charge in [0, 0.05) is 13.6 Å². The molecule has 1 heterocycles. The summed E-state index contributed by atoms with van der Waals surface area (Å²) in [7, 11) is 3.38. The van der Waals surface area contributed by atoms with Crippen molar-refractivity contribution < 1.29 is 9.13 Å². The van der Waals surface area contributed by atoms with Gasteiger partial charge in [0.15, 0.2) is 11.6 Å². The average molecular weight is 277 g/mol. The molecule has 0 bridgehead atoms. The third-order valence-corrected chi connectivity index (χ3v) is 2.82. The van der Waals surface area contributed by atoms with Gasteiger partial charge in [-0.3, -0.25) is 0 Å². The molecule has 0 radical (unpaired) electrons. The second-order valence-electron chi connectivity index (χ2n) is 4.21. The molecule has 0 aliphatic heterocycles. The van der Waals surface area contributed by atoms with Crippen molar-refractivity contribution >= 4 is 11.6 Å². The van der Waals surface area contributed by atoms with Crippen molar-refractivity contribution in [1.82, 2.24) is 9.97 Å². The number of nitrogen functional groups attached to an aromatic ring is 1. The van der Waals surface area contributed by atoms with Crippen LogP contribution in [0.4, 0.5) is 16.0 Å². The Morgan fingerprint density at radius 3 is 2.60 bits per heavy atom. The molecule has 0 spiro atoms. The number of methoxy groups -OCH3 is 1. The number of ether oxygens (including phenoxy) is 1. The molecule has 1 aromatic heterocycles. The van der Waals surface area contributed by atoms with Crippen LogP contribution in [0.5, 0.6) is 5.75 Å². The predicted molar refractivity (Wildman–Crippen MR) is 74.9 cm³/mol. The Morgan fingerprint density at radius 1 is 1.30 bits per heavy atom. The number of nitrogens with one attached hydrogen (secondary N) is 1. The zero-order chi connectivity index (χ0) is 14.5. The highest BCUT2D eigenvalue weighted by molar-refractivity contribution is 5.64. The molecule has 2 aromatic rings. The summed E-state index contributed by atoms with van der Waals surface area (Å²) < 4.78 is 18.2. The molecule has 0 fully saturated rings. The maximum absolute atomic E-state index is 12.9. The van der Waals surface area contributed by atoms with Crippen LogP contribution in [0.1, 0.15) is 5.56 Å². The molecule has 0 unspecified atom stereocenters. The number of benzene rings is 1. The van der Waals surface area contributed by atoms with Gasteiger partial charge in [-0.1, -0.05) is 12.1 Å². The van der Waals surface area contributed by atoms with Crippen molar-refractivity contribution in [3.63, 3.8) is 0 Å². The van der Waals surface area contributed by atoms with Gasteiger partial charge in [-0.15, -0.1) is 0 Å². The lowest BCUT2D eigenvalue weighted by atomic mass is 10.2. The predicted octanol–water partition coefficient (Wildman–Crippen LogP) is 1.55. The Kier molecular flexibility index (Phi) is 4.31. The number of nitrogens with zero attached hydrogens (tertiary/aromatic N) is 3. The van der Waals surface area contributed by atoms with Crippen LogP contribution in [0.15, 0.2) is 30.6 Å². The number of hydrogen-bond acceptors (Lipinski definition) is 6. The molecule has 0 amide bonds. The van der Waals surface area contributed by atoms with Crippen LogP contribution >= 0.6 is 0 Å². The van der Waals surface area contributed by atoms with E-state index in [4.69, 9.17) is 10.6 Å². The van der Waals surface area contributed by atoms with Crippen LogP contribution in [0.3, 0.4) is 0 Å². The van der Waals surface area contributed by atoms with E-state index in [2.05, 4.69) is 15.4 Å². The second-order valence-corrected chi connectivity index (χ2v) is 4.21. The van der Waals surface area contributed by atoms with Gasteiger partial charge in [0.2, 0.25) is 5.75 Å². The minimum Gasteiger partial charge on any atom is -0.490 e. The summed E-state index contributed by atoms with van der Waals surface area (Å²) in [4.78, 5) is 10.0. The normalized spacial score (nSPS) is 10.2. The van der Waals surface area contributed by atoms with Crippen LogP contribution in [-0.2, 0) is 6.54 Å². The molecule has 0 aliphatic rings. The lowest BCUT2D eigenvalue weighted by Crippen LogP contribution is -2.20. The molecule has 106 valence electrons. The maximum Gasteiger partial charge on any atom is 0.205 e. The Morgan fingerprint density at radius 2 is 2.00 bits per heavy atom. The van der Waals surface area contributed by atoms with E-state index < -0.39 is 0 Å². The zero-order valence-corrected chi connectivity index (χ0v) is 11.3. The quantitative estimate of drug-likeness (QED) is 0.638. The van der Waals surface area contributed by atoms with Crippen molar-refractivity contribution in [2.24, 2.45) is 5.84 Å². The van der Waals surface area contributed by atoms with Gasteiger partial charge in [-0.2, -0.15) is 0 Å². The minimum absolute atomic E-state index is 0.259. The van der Waals surface area contributed by atoms with E-state index >= 15 is 0 Å². The number of halogens is 1. The molecular formula is C13H16FN5O. The van der Waals surface area contributed by atoms with Crippen molar-refractivity contribution in [2.75, 3.05) is 24.5 Å². The molecule has 2 rings (SSSR count). The van der Waals surface area contributed by atoms with Gasteiger partial charge in [-0.05, 0) is 17.7 Å². The summed E-state index contributed by atoms with van der Waals surface area (Å²) in [5.41, 5.74) is 3.42. The van der Waals surface area contributed by atoms with Crippen LogP contribution in [0, 0.1) is 5.82 Å². The summed E-state index contributed by atoms with van der Waals surface area (Å²) in [6.45, 7) is 0.553. The molecule has 6 nitrogen and oxygen atoms in total. The van der Waals surface area contributed by atoms with E-state index in [-0.39, 0.29) is 5.82 Å². The minimum atomic E-state index is -0.259. The van der Waals surface area contributed by atoms with Crippen molar-refractivity contribution in [3.8, 4) is 5.75 Å². The Balaban J connectivity index is 2.24. The third-order valence-electron chi connectivity index (χ3n) is 2.82. The number of hydrazine groups is 1. The van der Waals surface area contributed by atoms with E-state index in [1.165, 1.54) is 25.6 Å². The van der Waals surface area contributed by atoms with Crippen molar-refractivity contribution in [1.29, 1.82) is 0 Å². The smallest absolute Gasteiger partial charge is 0.205 e. The van der Waals surface area contributed by atoms with Crippen LogP contribution in [-0.4, -0.2) is 24.1 Å². The van der Waals surface area contributed by atoms with E-state index in [0.29, 0.717) is 23.9 Å². The summed E-state index contributed by atoms with van der Waals surface area (Å²) in [6.07, 6.45) is 1.40. The van der Waals surface area contributed by atoms with Crippen LogP contribution < -0.4 is 20.9 Å². The van der Waals surface area contributed by atoms with Gasteiger partial charge in [0.1, 0.15) is 12.1 Å². The largest absolute Gasteiger partial charge is 0.490 e. The number of rotatable bonds is 5. The van der Waals surface area contributed by atoms with E-state index in [9.17, 15) is 4.39 Å². The molecule has 1 aromatic carbocycles. The first kappa shape index (κ1) is 14.0. The molecule has 20 heavy (non-hydrogen) atoms. The number of anilines is 2. The van der Waals surface area contributed by atoms with E-state index in [1.54, 1.807) is 12.1 Å². The van der Waals surface area contributed by atoms with Crippen molar-refractivity contribution in [2.45, 2.75) is 6.54 Å². The van der Waals surface area contributed by atoms with E-state index in [0.717, 1.165) is 5.56 Å². The highest BCUT2D eigenvalue weighted by Crippen LogP contribution is 2.31. The summed E-state index contributed by atoms with van der Waals surface area (Å²) in [6, 6.07) is 6.30. The molecule has 3 N–H and O–H groups in total. The SMILES string of the molecule is COc1c(NN)ncnc1N(C)Cc1ccc(F)cc1. The fourth-order valence-electron chi connectivity index (χ4n) is 1.87. The van der Waals surface area contributed by atoms with Gasteiger partial charge in [-0.25, -0.2) is 20.2 Å². The molecule has 0 aliphatic carbocycles. The Hall–Kier alpha value is -2.41. The molecule has 0 atom stereocenters. The number of hydrogen-bond donors (Lipinski definition) is 2. The monoisotopic (exact) mass is 277 g/mol. The van der Waals surface area contributed by atoms with E-state index in [1.807, 2.05) is 11.9 Å². The fourth-order valence-corrected chi connectivity index (χ4v) is 1.87. The van der Waals surface area contributed by atoms with Crippen LogP contribution in [0.2, 0.25) is 0 Å². The van der Waals surface area contributed by atoms with Gasteiger partial charge >= 0.3 is 0 Å². The fraction of sp³-hybridized carbons (Fsp3) is 0.231. The lowest BCUT2D eigenvalue weighted by molar-refractivity contribution is 0.412. The second kappa shape index (κ2) is 6.16. The first-order chi connectivity index (χ1) is 9.65. The average Bonchev–Trinajstić information content (AvgIpc) is 2.48. The van der Waals surface area contributed by atoms with Gasteiger partial charge in [0.25, 0.3) is 0 Å². The van der Waals surface area contributed by atoms with Crippen LogP contribution in [0.25, 0.3) is 0 Å². The van der Waals surface area contributed by atoms with Gasteiger partial charge < -0.3 is 15.1 Å². The first-order valence-electron chi connectivity index (χ1n) is 5.97. The topological polar surface area (TPSA) is 76.3 Å². The third kappa shape index (κ3) is 2.94. The summed E-state index contributed by atoms with van der Waals surface area (Å²) >= 11 is 0. The lowest BCUT2D eigenvalue weighted by Gasteiger charge is -2.21. The number of aromatic nitrogens is 2. The standard InChI is InChI=1S/C13H16FN5O/c1-19(7-9-3-5-10(14)6-4-9)13-11(20-2)12(18-15)16-8-17-13/h3-6,8H,7,15H2,1-2H3,(H,16,17,18). The highest BCUT2D eigenvalue weighted by Gasteiger charge is 2.15. The molecule has 0 saturated heterocycles. The zero-order valence-electron chi connectivity index (χ0n) is 11.3. The highest BCUT2D eigenvalue weighted by atomic mass is 19.1. The maximum atomic E-state index is 12.9. The molecule has 7 heteroatoms. The first-order valence-corrected chi connectivity index (χ1v) is 5.97. The molecular weight excluding hydrogens is 261 g/mol.